The topological polar surface area (TPSA) is 17.1 Å². The fourth-order valence-electron chi connectivity index (χ4n) is 2.31. The minimum Gasteiger partial charge on any atom is -0.299 e. The number of rotatable bonds is 6. The van der Waals surface area contributed by atoms with E-state index in [1.54, 1.807) is 12.1 Å². The molecule has 2 aromatic rings. The molecular weight excluding hydrogens is 308 g/mol. The highest BCUT2D eigenvalue weighted by molar-refractivity contribution is 5.80. The van der Waals surface area contributed by atoms with Gasteiger partial charge in [0.1, 0.15) is 11.6 Å². The maximum absolute atomic E-state index is 13.0. The van der Waals surface area contributed by atoms with Crippen LogP contribution in [0.4, 0.5) is 17.6 Å². The van der Waals surface area contributed by atoms with Crippen LogP contribution >= 0.6 is 0 Å². The standard InChI is InChI=1S/C18H16F4O/c19-16-5-1-3-13(11-16)4-2-6-17(23)12-14-7-9-15(10-8-14)18(20,21)22/h1,3,5,7-11H,2,4,6,12H2. The number of hydrogen-bond donors (Lipinski definition) is 0. The molecule has 5 heteroatoms. The van der Waals surface area contributed by atoms with Crippen LogP contribution in [0.25, 0.3) is 0 Å². The Morgan fingerprint density at radius 3 is 2.26 bits per heavy atom. The van der Waals surface area contributed by atoms with Crippen LogP contribution < -0.4 is 0 Å². The van der Waals surface area contributed by atoms with E-state index >= 15 is 0 Å². The van der Waals surface area contributed by atoms with Crippen molar-refractivity contribution < 1.29 is 22.4 Å². The summed E-state index contributed by atoms with van der Waals surface area (Å²) in [6, 6.07) is 10.8. The number of carbonyl (C=O) groups is 1. The molecule has 0 spiro atoms. The predicted octanol–water partition coefficient (Wildman–Crippen LogP) is 4.98. The number of aryl methyl sites for hydroxylation is 1. The zero-order chi connectivity index (χ0) is 16.9. The molecule has 0 bridgehead atoms. The zero-order valence-corrected chi connectivity index (χ0v) is 12.4. The molecule has 0 aliphatic heterocycles. The van der Waals surface area contributed by atoms with Crippen molar-refractivity contribution >= 4 is 5.78 Å². The van der Waals surface area contributed by atoms with Crippen LogP contribution in [0.3, 0.4) is 0 Å². The number of hydrogen-bond acceptors (Lipinski definition) is 1. The van der Waals surface area contributed by atoms with Gasteiger partial charge in [0.05, 0.1) is 5.56 Å². The van der Waals surface area contributed by atoms with E-state index in [0.717, 1.165) is 17.7 Å². The molecular formula is C18H16F4O. The molecule has 0 N–H and O–H groups in total. The largest absolute Gasteiger partial charge is 0.416 e. The van der Waals surface area contributed by atoms with E-state index in [4.69, 9.17) is 0 Å². The van der Waals surface area contributed by atoms with Gasteiger partial charge in [0.15, 0.2) is 0 Å². The van der Waals surface area contributed by atoms with Crippen LogP contribution in [0, 0.1) is 5.82 Å². The lowest BCUT2D eigenvalue weighted by Gasteiger charge is -2.07. The second-order valence-corrected chi connectivity index (χ2v) is 5.39. The monoisotopic (exact) mass is 324 g/mol. The second-order valence-electron chi connectivity index (χ2n) is 5.39. The minimum absolute atomic E-state index is 0.0406. The van der Waals surface area contributed by atoms with Gasteiger partial charge in [0.2, 0.25) is 0 Å². The summed E-state index contributed by atoms with van der Waals surface area (Å²) < 4.78 is 50.3. The highest BCUT2D eigenvalue weighted by Gasteiger charge is 2.29. The van der Waals surface area contributed by atoms with E-state index in [1.807, 2.05) is 0 Å². The van der Waals surface area contributed by atoms with Crippen molar-refractivity contribution in [2.24, 2.45) is 0 Å². The Kier molecular flexibility index (Phi) is 5.53. The lowest BCUT2D eigenvalue weighted by atomic mass is 10.0. The van der Waals surface area contributed by atoms with E-state index in [9.17, 15) is 22.4 Å². The van der Waals surface area contributed by atoms with Crippen LogP contribution in [0.2, 0.25) is 0 Å². The van der Waals surface area contributed by atoms with Gasteiger partial charge in [-0.25, -0.2) is 4.39 Å². The molecule has 0 saturated carbocycles. The van der Waals surface area contributed by atoms with Crippen LogP contribution in [-0.2, 0) is 23.8 Å². The molecule has 0 atom stereocenters. The first kappa shape index (κ1) is 17.2. The summed E-state index contributed by atoms with van der Waals surface area (Å²) in [7, 11) is 0. The molecule has 0 aliphatic rings. The van der Waals surface area contributed by atoms with Crippen LogP contribution in [0.15, 0.2) is 48.5 Å². The summed E-state index contributed by atoms with van der Waals surface area (Å²) in [6.45, 7) is 0. The molecule has 122 valence electrons. The van der Waals surface area contributed by atoms with Crippen molar-refractivity contribution in [3.63, 3.8) is 0 Å². The first-order valence-electron chi connectivity index (χ1n) is 7.27. The second kappa shape index (κ2) is 7.40. The van der Waals surface area contributed by atoms with Gasteiger partial charge in [-0.3, -0.25) is 4.79 Å². The molecule has 0 heterocycles. The van der Waals surface area contributed by atoms with Crippen molar-refractivity contribution in [3.05, 3.63) is 71.0 Å². The van der Waals surface area contributed by atoms with Crippen LogP contribution in [-0.4, -0.2) is 5.78 Å². The lowest BCUT2D eigenvalue weighted by Crippen LogP contribution is -2.06. The third kappa shape index (κ3) is 5.51. The maximum atomic E-state index is 13.0. The van der Waals surface area contributed by atoms with E-state index in [1.165, 1.54) is 24.3 Å². The average Bonchev–Trinajstić information content (AvgIpc) is 2.47. The Balaban J connectivity index is 1.80. The average molecular weight is 324 g/mol. The number of alkyl halides is 3. The van der Waals surface area contributed by atoms with Gasteiger partial charge in [-0.05, 0) is 48.2 Å². The Labute approximate surface area is 132 Å². The van der Waals surface area contributed by atoms with Crippen molar-refractivity contribution in [2.45, 2.75) is 31.9 Å². The smallest absolute Gasteiger partial charge is 0.299 e. The van der Waals surface area contributed by atoms with Gasteiger partial charge in [0.25, 0.3) is 0 Å². The summed E-state index contributed by atoms with van der Waals surface area (Å²) >= 11 is 0. The van der Waals surface area contributed by atoms with Gasteiger partial charge in [-0.1, -0.05) is 24.3 Å². The Morgan fingerprint density at radius 2 is 1.65 bits per heavy atom. The number of halogens is 4. The fourth-order valence-corrected chi connectivity index (χ4v) is 2.31. The molecule has 0 radical (unpaired) electrons. The van der Waals surface area contributed by atoms with E-state index < -0.39 is 11.7 Å². The Hall–Kier alpha value is -2.17. The Bertz CT molecular complexity index is 659. The van der Waals surface area contributed by atoms with Crippen molar-refractivity contribution in [3.8, 4) is 0 Å². The first-order chi connectivity index (χ1) is 10.8. The summed E-state index contributed by atoms with van der Waals surface area (Å²) in [6.07, 6.45) is -2.76. The van der Waals surface area contributed by atoms with Crippen molar-refractivity contribution in [1.29, 1.82) is 0 Å². The number of carbonyl (C=O) groups excluding carboxylic acids is 1. The Morgan fingerprint density at radius 1 is 0.957 bits per heavy atom. The minimum atomic E-state index is -4.37. The van der Waals surface area contributed by atoms with E-state index in [-0.39, 0.29) is 18.0 Å². The van der Waals surface area contributed by atoms with E-state index in [0.29, 0.717) is 24.8 Å². The quantitative estimate of drug-likeness (QED) is 0.685. The molecule has 2 rings (SSSR count). The highest BCUT2D eigenvalue weighted by atomic mass is 19.4. The molecule has 23 heavy (non-hydrogen) atoms. The van der Waals surface area contributed by atoms with Gasteiger partial charge >= 0.3 is 6.18 Å². The normalized spacial score (nSPS) is 11.5. The zero-order valence-electron chi connectivity index (χ0n) is 12.4. The molecule has 0 fully saturated rings. The van der Waals surface area contributed by atoms with Gasteiger partial charge in [-0.15, -0.1) is 0 Å². The summed E-state index contributed by atoms with van der Waals surface area (Å²) in [5.41, 5.74) is 0.667. The third-order valence-corrected chi connectivity index (χ3v) is 3.49. The number of Topliss-reactive ketones (excluding diaryl/α,β-unsaturated/α-hetero) is 1. The summed E-state index contributed by atoms with van der Waals surface area (Å²) in [5.74, 6) is -0.347. The molecule has 0 aliphatic carbocycles. The number of benzene rings is 2. The highest BCUT2D eigenvalue weighted by Crippen LogP contribution is 2.29. The van der Waals surface area contributed by atoms with Crippen molar-refractivity contribution in [2.75, 3.05) is 0 Å². The summed E-state index contributed by atoms with van der Waals surface area (Å²) in [4.78, 5) is 11.9. The maximum Gasteiger partial charge on any atom is 0.416 e. The van der Waals surface area contributed by atoms with Gasteiger partial charge in [0, 0.05) is 12.8 Å². The summed E-state index contributed by atoms with van der Waals surface area (Å²) in [5, 5.41) is 0. The fraction of sp³-hybridized carbons (Fsp3) is 0.278. The van der Waals surface area contributed by atoms with E-state index in [2.05, 4.69) is 0 Å². The lowest BCUT2D eigenvalue weighted by molar-refractivity contribution is -0.137. The van der Waals surface area contributed by atoms with Gasteiger partial charge in [-0.2, -0.15) is 13.2 Å². The predicted molar refractivity (Wildman–Crippen MR) is 79.5 cm³/mol. The van der Waals surface area contributed by atoms with Crippen molar-refractivity contribution in [1.82, 2.24) is 0 Å². The first-order valence-corrected chi connectivity index (χ1v) is 7.27. The van der Waals surface area contributed by atoms with Crippen LogP contribution in [0.1, 0.15) is 29.5 Å². The molecule has 2 aromatic carbocycles. The molecule has 0 saturated heterocycles. The van der Waals surface area contributed by atoms with Gasteiger partial charge < -0.3 is 0 Å². The number of ketones is 1. The molecule has 0 unspecified atom stereocenters. The SMILES string of the molecule is O=C(CCCc1cccc(F)c1)Cc1ccc(C(F)(F)F)cc1. The van der Waals surface area contributed by atoms with Crippen LogP contribution in [0.5, 0.6) is 0 Å². The molecule has 1 nitrogen and oxygen atoms in total. The molecule has 0 amide bonds. The third-order valence-electron chi connectivity index (χ3n) is 3.49. The molecule has 0 aromatic heterocycles.